The third-order valence-corrected chi connectivity index (χ3v) is 10.4. The third kappa shape index (κ3) is 11.5. The van der Waals surface area contributed by atoms with Crippen molar-refractivity contribution in [2.75, 3.05) is 19.8 Å². The molecule has 0 aliphatic carbocycles. The van der Waals surface area contributed by atoms with E-state index in [0.717, 1.165) is 22.7 Å². The lowest BCUT2D eigenvalue weighted by molar-refractivity contribution is -0.355. The molecule has 0 unspecified atom stereocenters. The van der Waals surface area contributed by atoms with E-state index in [1.165, 1.54) is 0 Å². The highest BCUT2D eigenvalue weighted by Crippen LogP contribution is 2.34. The SMILES string of the molecule is C[Si](C)(C)CCO[C@@H]1O[C@H](COCc2ccccc2)[C@@H](O[C@H]2C[C@@H](O)[C@@H](O)[C@@H](CO)O2)[C@H](OCc2ccccc2)[C@H]1OCc1ccccc1. The quantitative estimate of drug-likeness (QED) is 0.172. The van der Waals surface area contributed by atoms with E-state index < -0.39 is 70.0 Å². The van der Waals surface area contributed by atoms with Gasteiger partial charge in [0.25, 0.3) is 0 Å². The second-order valence-corrected chi connectivity index (χ2v) is 19.5. The summed E-state index contributed by atoms with van der Waals surface area (Å²) in [6.45, 7) is 7.96. The molecule has 0 aromatic heterocycles. The molecule has 3 N–H and O–H groups in total. The molecule has 3 aromatic rings. The Morgan fingerprint density at radius 3 is 1.78 bits per heavy atom. The fourth-order valence-corrected chi connectivity index (χ4v) is 6.62. The van der Waals surface area contributed by atoms with Crippen LogP contribution in [0.15, 0.2) is 91.0 Å². The van der Waals surface area contributed by atoms with E-state index in [0.29, 0.717) is 13.2 Å². The van der Waals surface area contributed by atoms with Crippen LogP contribution in [-0.2, 0) is 53.0 Å². The van der Waals surface area contributed by atoms with Crippen LogP contribution < -0.4 is 0 Å². The van der Waals surface area contributed by atoms with Crippen LogP contribution in [0.2, 0.25) is 25.7 Å². The lowest BCUT2D eigenvalue weighted by Gasteiger charge is -2.47. The Kier molecular flexibility index (Phi) is 14.3. The first-order valence-electron chi connectivity index (χ1n) is 17.2. The van der Waals surface area contributed by atoms with Crippen LogP contribution in [0.25, 0.3) is 0 Å². The van der Waals surface area contributed by atoms with E-state index in [1.54, 1.807) is 0 Å². The minimum absolute atomic E-state index is 0.0111. The van der Waals surface area contributed by atoms with Gasteiger partial charge in [0.1, 0.15) is 36.6 Å². The smallest absolute Gasteiger partial charge is 0.186 e. The van der Waals surface area contributed by atoms with Crippen molar-refractivity contribution in [3.05, 3.63) is 108 Å². The highest BCUT2D eigenvalue weighted by Gasteiger charge is 2.51. The Morgan fingerprint density at radius 2 is 1.22 bits per heavy atom. The van der Waals surface area contributed by atoms with Gasteiger partial charge in [-0.05, 0) is 22.7 Å². The molecule has 3 aromatic carbocycles. The number of hydrogen-bond donors (Lipinski definition) is 3. The minimum atomic E-state index is -1.44. The molecule has 0 amide bonds. The van der Waals surface area contributed by atoms with Crippen LogP contribution in [0.3, 0.4) is 0 Å². The molecule has 268 valence electrons. The summed E-state index contributed by atoms with van der Waals surface area (Å²) in [7, 11) is -1.44. The van der Waals surface area contributed by atoms with Crippen molar-refractivity contribution in [2.45, 2.75) is 107 Å². The maximum atomic E-state index is 10.6. The molecule has 2 fully saturated rings. The first-order chi connectivity index (χ1) is 23.7. The van der Waals surface area contributed by atoms with Gasteiger partial charge in [-0.2, -0.15) is 0 Å². The molecule has 0 spiro atoms. The standard InChI is InChI=1S/C38H52O10Si/c1-49(2,3)20-19-43-38-37(45-25-29-17-11-6-12-18-29)36(44-24-28-15-9-5-10-16-28)35(48-33-21-30(40)34(41)31(22-39)46-33)32(47-38)26-42-23-27-13-7-4-8-14-27/h4-18,30-41H,19-26H2,1-3H3/t30-,31-,32-,33+,34-,35-,36+,37-,38-/m1/s1. The van der Waals surface area contributed by atoms with Gasteiger partial charge >= 0.3 is 0 Å². The Bertz CT molecular complexity index is 1340. The van der Waals surface area contributed by atoms with Crippen LogP contribution >= 0.6 is 0 Å². The average Bonchev–Trinajstić information content (AvgIpc) is 3.10. The number of aliphatic hydroxyl groups excluding tert-OH is 3. The van der Waals surface area contributed by atoms with Gasteiger partial charge in [-0.15, -0.1) is 0 Å². The predicted octanol–water partition coefficient (Wildman–Crippen LogP) is 4.67. The summed E-state index contributed by atoms with van der Waals surface area (Å²) in [4.78, 5) is 0. The molecule has 0 saturated carbocycles. The van der Waals surface area contributed by atoms with Crippen LogP contribution in [0.4, 0.5) is 0 Å². The largest absolute Gasteiger partial charge is 0.394 e. The van der Waals surface area contributed by atoms with Gasteiger partial charge in [0.05, 0.1) is 39.1 Å². The van der Waals surface area contributed by atoms with Crippen molar-refractivity contribution in [3.8, 4) is 0 Å². The summed E-state index contributed by atoms with van der Waals surface area (Å²) in [5.41, 5.74) is 2.96. The molecule has 10 nitrogen and oxygen atoms in total. The first kappa shape index (κ1) is 37.7. The summed E-state index contributed by atoms with van der Waals surface area (Å²) >= 11 is 0. The van der Waals surface area contributed by atoms with Gasteiger partial charge in [0.2, 0.25) is 0 Å². The van der Waals surface area contributed by atoms with E-state index in [1.807, 2.05) is 91.0 Å². The summed E-state index contributed by atoms with van der Waals surface area (Å²) in [6, 6.07) is 30.5. The van der Waals surface area contributed by atoms with E-state index >= 15 is 0 Å². The van der Waals surface area contributed by atoms with Crippen molar-refractivity contribution in [1.29, 1.82) is 0 Å². The molecule has 0 radical (unpaired) electrons. The molecule has 49 heavy (non-hydrogen) atoms. The van der Waals surface area contributed by atoms with Crippen molar-refractivity contribution >= 4 is 8.07 Å². The monoisotopic (exact) mass is 696 g/mol. The number of rotatable bonds is 17. The molecule has 2 saturated heterocycles. The fourth-order valence-electron chi connectivity index (χ4n) is 5.89. The molecule has 2 aliphatic rings. The fraction of sp³-hybridized carbons (Fsp3) is 0.526. The highest BCUT2D eigenvalue weighted by atomic mass is 28.3. The maximum Gasteiger partial charge on any atom is 0.186 e. The van der Waals surface area contributed by atoms with Crippen molar-refractivity contribution in [3.63, 3.8) is 0 Å². The van der Waals surface area contributed by atoms with E-state index in [2.05, 4.69) is 19.6 Å². The first-order valence-corrected chi connectivity index (χ1v) is 20.9. The van der Waals surface area contributed by atoms with Gasteiger partial charge < -0.3 is 48.5 Å². The van der Waals surface area contributed by atoms with Gasteiger partial charge in [-0.25, -0.2) is 0 Å². The van der Waals surface area contributed by atoms with Crippen LogP contribution in [0.5, 0.6) is 0 Å². The van der Waals surface area contributed by atoms with Crippen LogP contribution in [-0.4, -0.2) is 98.5 Å². The predicted molar refractivity (Wildman–Crippen MR) is 186 cm³/mol. The normalized spacial score (nSPS) is 29.1. The Balaban J connectivity index is 1.46. The maximum absolute atomic E-state index is 10.6. The van der Waals surface area contributed by atoms with Gasteiger partial charge in [0.15, 0.2) is 12.6 Å². The van der Waals surface area contributed by atoms with Crippen molar-refractivity contribution in [2.24, 2.45) is 0 Å². The summed E-state index contributed by atoms with van der Waals surface area (Å²) in [5.74, 6) is 0. The zero-order chi connectivity index (χ0) is 34.6. The second-order valence-electron chi connectivity index (χ2n) is 13.9. The lowest BCUT2D eigenvalue weighted by atomic mass is 9.97. The average molecular weight is 697 g/mol. The third-order valence-electron chi connectivity index (χ3n) is 8.71. The number of aliphatic hydroxyl groups is 3. The number of ether oxygens (including phenoxy) is 7. The number of hydrogen-bond acceptors (Lipinski definition) is 10. The van der Waals surface area contributed by atoms with Crippen molar-refractivity contribution in [1.82, 2.24) is 0 Å². The molecule has 9 atom stereocenters. The molecule has 0 bridgehead atoms. The van der Waals surface area contributed by atoms with Crippen LogP contribution in [0.1, 0.15) is 23.1 Å². The van der Waals surface area contributed by atoms with E-state index in [9.17, 15) is 15.3 Å². The molecule has 2 heterocycles. The minimum Gasteiger partial charge on any atom is -0.394 e. The molecular weight excluding hydrogens is 644 g/mol. The van der Waals surface area contributed by atoms with Gasteiger partial charge in [-0.3, -0.25) is 0 Å². The molecule has 2 aliphatic heterocycles. The zero-order valence-corrected chi connectivity index (χ0v) is 29.7. The summed E-state index contributed by atoms with van der Waals surface area (Å²) in [6.07, 6.45) is -8.11. The summed E-state index contributed by atoms with van der Waals surface area (Å²) < 4.78 is 45.3. The van der Waals surface area contributed by atoms with Gasteiger partial charge in [-0.1, -0.05) is 111 Å². The summed E-state index contributed by atoms with van der Waals surface area (Å²) in [5, 5.41) is 30.9. The van der Waals surface area contributed by atoms with Gasteiger partial charge in [0, 0.05) is 21.1 Å². The Morgan fingerprint density at radius 1 is 0.673 bits per heavy atom. The second kappa shape index (κ2) is 18.6. The Labute approximate surface area is 290 Å². The molecule has 5 rings (SSSR count). The molecule has 11 heteroatoms. The zero-order valence-electron chi connectivity index (χ0n) is 28.7. The highest BCUT2D eigenvalue weighted by molar-refractivity contribution is 6.76. The Hall–Kier alpha value is -2.52. The van der Waals surface area contributed by atoms with E-state index in [-0.39, 0.29) is 26.2 Å². The van der Waals surface area contributed by atoms with E-state index in [4.69, 9.17) is 33.2 Å². The van der Waals surface area contributed by atoms with Crippen molar-refractivity contribution < 1.29 is 48.5 Å². The lowest BCUT2D eigenvalue weighted by Crippen LogP contribution is -2.63. The van der Waals surface area contributed by atoms with Crippen LogP contribution in [0, 0.1) is 0 Å². The molecular formula is C38H52O10Si. The topological polar surface area (TPSA) is 125 Å². The number of benzene rings is 3.